The Morgan fingerprint density at radius 2 is 1.50 bits per heavy atom. The maximum atomic E-state index is 14.6. The fraction of sp³-hybridized carbons (Fsp3) is 0.257. The second-order valence-corrected chi connectivity index (χ2v) is 14.1. The number of nitrogens with one attached hydrogen (secondary N) is 1. The Hall–Kier alpha value is -3.56. The Morgan fingerprint density at radius 1 is 0.848 bits per heavy atom. The molecule has 0 bridgehead atoms. The minimum Gasteiger partial charge on any atom is -0.354 e. The van der Waals surface area contributed by atoms with Crippen LogP contribution in [0.25, 0.3) is 0 Å². The molecule has 0 unspecified atom stereocenters. The predicted octanol–water partition coefficient (Wildman–Crippen LogP) is 7.63. The maximum Gasteiger partial charge on any atom is 0.264 e. The van der Waals surface area contributed by atoms with Crippen molar-refractivity contribution in [2.75, 3.05) is 17.4 Å². The highest BCUT2D eigenvalue weighted by molar-refractivity contribution is 7.92. The van der Waals surface area contributed by atoms with Crippen LogP contribution in [-0.4, -0.2) is 44.3 Å². The summed E-state index contributed by atoms with van der Waals surface area (Å²) >= 11 is 19.4. The van der Waals surface area contributed by atoms with Crippen molar-refractivity contribution in [1.29, 1.82) is 0 Å². The molecule has 0 spiro atoms. The van der Waals surface area contributed by atoms with E-state index in [1.807, 2.05) is 44.2 Å². The second-order valence-electron chi connectivity index (χ2n) is 11.0. The van der Waals surface area contributed by atoms with Crippen LogP contribution in [0.1, 0.15) is 35.6 Å². The van der Waals surface area contributed by atoms with Gasteiger partial charge in [0.05, 0.1) is 10.6 Å². The van der Waals surface area contributed by atoms with Crippen molar-refractivity contribution in [1.82, 2.24) is 10.2 Å². The first-order chi connectivity index (χ1) is 21.9. The lowest BCUT2D eigenvalue weighted by molar-refractivity contribution is -0.140. The molecule has 0 aliphatic carbocycles. The summed E-state index contributed by atoms with van der Waals surface area (Å²) in [5.41, 5.74) is 2.98. The molecule has 0 saturated carbocycles. The van der Waals surface area contributed by atoms with Crippen LogP contribution in [0.5, 0.6) is 0 Å². The van der Waals surface area contributed by atoms with Crippen molar-refractivity contribution in [2.45, 2.75) is 51.1 Å². The summed E-state index contributed by atoms with van der Waals surface area (Å²) in [6.07, 6.45) is 0.862. The van der Waals surface area contributed by atoms with E-state index < -0.39 is 28.5 Å². The zero-order valence-electron chi connectivity index (χ0n) is 25.8. The Labute approximate surface area is 286 Å². The number of amides is 2. The molecule has 46 heavy (non-hydrogen) atoms. The number of halogens is 3. The minimum atomic E-state index is -4.25. The van der Waals surface area contributed by atoms with Gasteiger partial charge in [-0.1, -0.05) is 95.8 Å². The van der Waals surface area contributed by atoms with Crippen molar-refractivity contribution < 1.29 is 18.0 Å². The van der Waals surface area contributed by atoms with Gasteiger partial charge in [-0.15, -0.1) is 0 Å². The lowest BCUT2D eigenvalue weighted by Gasteiger charge is -2.34. The van der Waals surface area contributed by atoms with E-state index in [4.69, 9.17) is 34.8 Å². The summed E-state index contributed by atoms with van der Waals surface area (Å²) < 4.78 is 29.6. The molecule has 0 radical (unpaired) electrons. The van der Waals surface area contributed by atoms with E-state index in [-0.39, 0.29) is 29.5 Å². The number of hydrogen-bond donors (Lipinski definition) is 1. The third-order valence-electron chi connectivity index (χ3n) is 7.53. The molecule has 4 aromatic rings. The third kappa shape index (κ3) is 8.62. The van der Waals surface area contributed by atoms with Crippen molar-refractivity contribution >= 4 is 62.3 Å². The van der Waals surface area contributed by atoms with E-state index in [2.05, 4.69) is 5.32 Å². The summed E-state index contributed by atoms with van der Waals surface area (Å²) in [7, 11) is -4.25. The number of rotatable bonds is 13. The normalized spacial score (nSPS) is 12.0. The molecule has 0 fully saturated rings. The van der Waals surface area contributed by atoms with Crippen molar-refractivity contribution in [3.63, 3.8) is 0 Å². The highest BCUT2D eigenvalue weighted by Gasteiger charge is 2.35. The number of carbonyl (C=O) groups is 2. The molecule has 0 aliphatic rings. The van der Waals surface area contributed by atoms with Gasteiger partial charge in [0.1, 0.15) is 12.6 Å². The molecule has 0 aromatic heterocycles. The number of anilines is 1. The first-order valence-electron chi connectivity index (χ1n) is 14.8. The van der Waals surface area contributed by atoms with Gasteiger partial charge in [0.25, 0.3) is 10.0 Å². The van der Waals surface area contributed by atoms with Crippen LogP contribution in [0.15, 0.2) is 95.9 Å². The molecule has 0 saturated heterocycles. The fourth-order valence-corrected chi connectivity index (χ4v) is 7.25. The van der Waals surface area contributed by atoms with Crippen molar-refractivity contribution in [2.24, 2.45) is 0 Å². The molecule has 0 aliphatic heterocycles. The zero-order chi connectivity index (χ0) is 33.4. The number of nitrogens with zero attached hydrogens (tertiary/aromatic N) is 2. The van der Waals surface area contributed by atoms with Gasteiger partial charge in [0.15, 0.2) is 0 Å². The van der Waals surface area contributed by atoms with E-state index in [0.717, 1.165) is 15.4 Å². The van der Waals surface area contributed by atoms with Crippen LogP contribution >= 0.6 is 34.8 Å². The molecule has 11 heteroatoms. The average molecular weight is 701 g/mol. The SMILES string of the molecule is CCCNC(=O)[C@@H](Cc1ccccc1)N(Cc1c(Cl)cccc1Cl)C(=O)CN(c1ccc(Cl)cc1C)S(=O)(=O)c1ccc(C)cc1. The van der Waals surface area contributed by atoms with Gasteiger partial charge in [0, 0.05) is 40.1 Å². The third-order valence-corrected chi connectivity index (χ3v) is 10.2. The monoisotopic (exact) mass is 699 g/mol. The summed E-state index contributed by atoms with van der Waals surface area (Å²) in [6.45, 7) is 5.17. The Balaban J connectivity index is 1.85. The van der Waals surface area contributed by atoms with E-state index >= 15 is 0 Å². The van der Waals surface area contributed by atoms with E-state index in [1.54, 1.807) is 55.5 Å². The van der Waals surface area contributed by atoms with Gasteiger partial charge >= 0.3 is 0 Å². The Bertz CT molecular complexity index is 1760. The summed E-state index contributed by atoms with van der Waals surface area (Å²) in [4.78, 5) is 29.8. The molecule has 4 rings (SSSR count). The molecule has 1 N–H and O–H groups in total. The second kappa shape index (κ2) is 15.8. The Kier molecular flexibility index (Phi) is 12.1. The number of benzene rings is 4. The largest absolute Gasteiger partial charge is 0.354 e. The first kappa shape index (κ1) is 35.3. The molecule has 7 nitrogen and oxygen atoms in total. The van der Waals surface area contributed by atoms with Gasteiger partial charge in [-0.25, -0.2) is 8.42 Å². The van der Waals surface area contributed by atoms with Gasteiger partial charge < -0.3 is 10.2 Å². The lowest BCUT2D eigenvalue weighted by Crippen LogP contribution is -2.53. The number of aryl methyl sites for hydroxylation is 2. The molecule has 1 atom stereocenters. The number of carbonyl (C=O) groups excluding carboxylic acids is 2. The van der Waals surface area contributed by atoms with Gasteiger partial charge in [-0.2, -0.15) is 0 Å². The van der Waals surface area contributed by atoms with Crippen LogP contribution in [0, 0.1) is 13.8 Å². The topological polar surface area (TPSA) is 86.8 Å². The highest BCUT2D eigenvalue weighted by atomic mass is 35.5. The Morgan fingerprint density at radius 3 is 2.11 bits per heavy atom. The summed E-state index contributed by atoms with van der Waals surface area (Å²) in [5.74, 6) is -0.994. The van der Waals surface area contributed by atoms with Gasteiger partial charge in [-0.05, 0) is 73.9 Å². The molecular formula is C35H36Cl3N3O4S. The van der Waals surface area contributed by atoms with Crippen LogP contribution in [0.2, 0.25) is 15.1 Å². The van der Waals surface area contributed by atoms with Crippen LogP contribution in [-0.2, 0) is 32.6 Å². The average Bonchev–Trinajstić information content (AvgIpc) is 3.02. The first-order valence-corrected chi connectivity index (χ1v) is 17.4. The molecule has 4 aromatic carbocycles. The molecule has 0 heterocycles. The van der Waals surface area contributed by atoms with Crippen LogP contribution in [0.3, 0.4) is 0 Å². The molecular weight excluding hydrogens is 665 g/mol. The summed E-state index contributed by atoms with van der Waals surface area (Å²) in [6, 6.07) is 24.5. The fourth-order valence-electron chi connectivity index (χ4n) is 5.02. The standard InChI is InChI=1S/C35H36Cl3N3O4S/c1-4-19-39-35(43)33(21-26-9-6-5-7-10-26)40(22-29-30(37)11-8-12-31(29)38)34(42)23-41(32-18-15-27(36)20-25(32)3)46(44,45)28-16-13-24(2)14-17-28/h5-18,20,33H,4,19,21-23H2,1-3H3,(H,39,43)/t33-/m1/s1. The maximum absolute atomic E-state index is 14.6. The van der Waals surface area contributed by atoms with E-state index in [0.29, 0.717) is 39.2 Å². The van der Waals surface area contributed by atoms with Crippen LogP contribution < -0.4 is 9.62 Å². The van der Waals surface area contributed by atoms with E-state index in [9.17, 15) is 18.0 Å². The smallest absolute Gasteiger partial charge is 0.264 e. The highest BCUT2D eigenvalue weighted by Crippen LogP contribution is 2.31. The minimum absolute atomic E-state index is 0.0162. The predicted molar refractivity (Wildman–Crippen MR) is 186 cm³/mol. The van der Waals surface area contributed by atoms with Gasteiger partial charge in [0.2, 0.25) is 11.8 Å². The number of hydrogen-bond acceptors (Lipinski definition) is 4. The van der Waals surface area contributed by atoms with Gasteiger partial charge in [-0.3, -0.25) is 13.9 Å². The quantitative estimate of drug-likeness (QED) is 0.156. The molecule has 242 valence electrons. The van der Waals surface area contributed by atoms with E-state index in [1.165, 1.54) is 17.0 Å². The van der Waals surface area contributed by atoms with Crippen LogP contribution in [0.4, 0.5) is 5.69 Å². The lowest BCUT2D eigenvalue weighted by atomic mass is 10.0. The van der Waals surface area contributed by atoms with Crippen molar-refractivity contribution in [3.8, 4) is 0 Å². The van der Waals surface area contributed by atoms with Crippen molar-refractivity contribution in [3.05, 3.63) is 128 Å². The zero-order valence-corrected chi connectivity index (χ0v) is 28.9. The molecule has 2 amide bonds. The summed E-state index contributed by atoms with van der Waals surface area (Å²) in [5, 5.41) is 3.97. The number of sulfonamides is 1.